The molecule has 1 N–H and O–H groups in total. The minimum absolute atomic E-state index is 0.360. The lowest BCUT2D eigenvalue weighted by atomic mass is 9.95. The second-order valence-corrected chi connectivity index (χ2v) is 5.43. The van der Waals surface area contributed by atoms with Gasteiger partial charge in [0.2, 0.25) is 0 Å². The standard InChI is InChI=1S/C12H18BrNO/c1-8-3-4-9(7-8)11(14-2)12-10(13)5-6-15-12/h5-6,8-9,11,14H,3-4,7H2,1-2H3. The first-order chi connectivity index (χ1) is 7.22. The van der Waals surface area contributed by atoms with Crippen LogP contribution in [0.1, 0.15) is 38.0 Å². The summed E-state index contributed by atoms with van der Waals surface area (Å²) in [5, 5.41) is 3.38. The molecule has 0 radical (unpaired) electrons. The van der Waals surface area contributed by atoms with Crippen molar-refractivity contribution in [2.24, 2.45) is 11.8 Å². The highest BCUT2D eigenvalue weighted by atomic mass is 79.9. The minimum atomic E-state index is 0.360. The molecule has 3 unspecified atom stereocenters. The van der Waals surface area contributed by atoms with E-state index in [1.54, 1.807) is 6.26 Å². The molecule has 1 aliphatic carbocycles. The van der Waals surface area contributed by atoms with Crippen LogP contribution >= 0.6 is 15.9 Å². The predicted molar refractivity (Wildman–Crippen MR) is 64.7 cm³/mol. The Morgan fingerprint density at radius 1 is 1.53 bits per heavy atom. The Balaban J connectivity index is 2.14. The Bertz CT molecular complexity index is 323. The van der Waals surface area contributed by atoms with Crippen molar-refractivity contribution in [3.63, 3.8) is 0 Å². The molecule has 2 rings (SSSR count). The number of furan rings is 1. The van der Waals surface area contributed by atoms with Crippen molar-refractivity contribution in [1.82, 2.24) is 5.32 Å². The zero-order valence-corrected chi connectivity index (χ0v) is 10.9. The van der Waals surface area contributed by atoms with Crippen molar-refractivity contribution in [2.75, 3.05) is 7.05 Å². The molecule has 1 aromatic rings. The van der Waals surface area contributed by atoms with Gasteiger partial charge >= 0.3 is 0 Å². The number of rotatable bonds is 3. The van der Waals surface area contributed by atoms with Gasteiger partial charge in [0.15, 0.2) is 0 Å². The van der Waals surface area contributed by atoms with Crippen LogP contribution in [-0.2, 0) is 0 Å². The van der Waals surface area contributed by atoms with Gasteiger partial charge in [-0.2, -0.15) is 0 Å². The number of hydrogen-bond donors (Lipinski definition) is 1. The van der Waals surface area contributed by atoms with Crippen LogP contribution in [0.15, 0.2) is 21.2 Å². The van der Waals surface area contributed by atoms with E-state index in [1.165, 1.54) is 19.3 Å². The summed E-state index contributed by atoms with van der Waals surface area (Å²) in [6.07, 6.45) is 5.71. The fraction of sp³-hybridized carbons (Fsp3) is 0.667. The molecule has 84 valence electrons. The summed E-state index contributed by atoms with van der Waals surface area (Å²) < 4.78 is 6.64. The maximum Gasteiger partial charge on any atom is 0.135 e. The van der Waals surface area contributed by atoms with Crippen LogP contribution in [0.5, 0.6) is 0 Å². The molecule has 0 saturated heterocycles. The SMILES string of the molecule is CNC(c1occc1Br)C1CCC(C)C1. The first-order valence-electron chi connectivity index (χ1n) is 5.62. The molecule has 0 aromatic carbocycles. The van der Waals surface area contributed by atoms with Crippen LogP contribution in [0.3, 0.4) is 0 Å². The number of hydrogen-bond acceptors (Lipinski definition) is 2. The Kier molecular flexibility index (Phi) is 3.52. The lowest BCUT2D eigenvalue weighted by molar-refractivity contribution is 0.321. The van der Waals surface area contributed by atoms with Crippen molar-refractivity contribution in [1.29, 1.82) is 0 Å². The van der Waals surface area contributed by atoms with E-state index in [9.17, 15) is 0 Å². The molecule has 3 atom stereocenters. The topological polar surface area (TPSA) is 25.2 Å². The average Bonchev–Trinajstić information content (AvgIpc) is 2.79. The van der Waals surface area contributed by atoms with Gasteiger partial charge in [0.1, 0.15) is 5.76 Å². The molecule has 1 saturated carbocycles. The molecule has 0 aliphatic heterocycles. The number of nitrogens with one attached hydrogen (secondary N) is 1. The Morgan fingerprint density at radius 2 is 2.33 bits per heavy atom. The fourth-order valence-electron chi connectivity index (χ4n) is 2.66. The highest BCUT2D eigenvalue weighted by Gasteiger charge is 2.31. The van der Waals surface area contributed by atoms with Crippen molar-refractivity contribution in [2.45, 2.75) is 32.2 Å². The van der Waals surface area contributed by atoms with Gasteiger partial charge in [-0.25, -0.2) is 0 Å². The van der Waals surface area contributed by atoms with Gasteiger partial charge in [0.05, 0.1) is 16.8 Å². The first-order valence-corrected chi connectivity index (χ1v) is 6.41. The maximum atomic E-state index is 5.56. The van der Waals surface area contributed by atoms with E-state index in [-0.39, 0.29) is 0 Å². The van der Waals surface area contributed by atoms with E-state index in [1.807, 2.05) is 13.1 Å². The minimum Gasteiger partial charge on any atom is -0.466 e. The molecule has 0 amide bonds. The lowest BCUT2D eigenvalue weighted by Gasteiger charge is -2.21. The van der Waals surface area contributed by atoms with Gasteiger partial charge in [-0.3, -0.25) is 0 Å². The van der Waals surface area contributed by atoms with E-state index < -0.39 is 0 Å². The lowest BCUT2D eigenvalue weighted by Crippen LogP contribution is -2.23. The summed E-state index contributed by atoms with van der Waals surface area (Å²) in [5.41, 5.74) is 0. The molecule has 1 aromatic heterocycles. The highest BCUT2D eigenvalue weighted by molar-refractivity contribution is 9.10. The third kappa shape index (κ3) is 2.28. The van der Waals surface area contributed by atoms with Gasteiger partial charge in [0, 0.05) is 0 Å². The summed E-state index contributed by atoms with van der Waals surface area (Å²) in [5.74, 6) is 2.63. The van der Waals surface area contributed by atoms with Crippen molar-refractivity contribution in [3.05, 3.63) is 22.6 Å². The van der Waals surface area contributed by atoms with E-state index in [2.05, 4.69) is 28.2 Å². The second-order valence-electron chi connectivity index (χ2n) is 4.58. The van der Waals surface area contributed by atoms with Crippen molar-refractivity contribution >= 4 is 15.9 Å². The zero-order valence-electron chi connectivity index (χ0n) is 9.29. The molecule has 0 bridgehead atoms. The Labute approximate surface area is 99.6 Å². The Morgan fingerprint density at radius 3 is 2.80 bits per heavy atom. The van der Waals surface area contributed by atoms with Gasteiger partial charge in [-0.05, 0) is 53.7 Å². The molecular formula is C12H18BrNO. The predicted octanol–water partition coefficient (Wildman–Crippen LogP) is 3.74. The summed E-state index contributed by atoms with van der Waals surface area (Å²) in [4.78, 5) is 0. The van der Waals surface area contributed by atoms with Crippen molar-refractivity contribution < 1.29 is 4.42 Å². The van der Waals surface area contributed by atoms with Crippen LogP contribution < -0.4 is 5.32 Å². The third-order valence-electron chi connectivity index (χ3n) is 3.45. The summed E-state index contributed by atoms with van der Waals surface area (Å²) >= 11 is 3.54. The fourth-order valence-corrected chi connectivity index (χ4v) is 3.11. The highest BCUT2D eigenvalue weighted by Crippen LogP contribution is 2.40. The molecule has 1 fully saturated rings. The average molecular weight is 272 g/mol. The molecule has 1 heterocycles. The summed E-state index contributed by atoms with van der Waals surface area (Å²) in [6.45, 7) is 2.34. The van der Waals surface area contributed by atoms with Crippen LogP contribution in [0, 0.1) is 11.8 Å². The molecule has 0 spiro atoms. The van der Waals surface area contributed by atoms with Crippen LogP contribution in [-0.4, -0.2) is 7.05 Å². The third-order valence-corrected chi connectivity index (χ3v) is 4.10. The quantitative estimate of drug-likeness (QED) is 0.906. The molecule has 1 aliphatic rings. The monoisotopic (exact) mass is 271 g/mol. The summed E-state index contributed by atoms with van der Waals surface area (Å²) in [7, 11) is 2.02. The van der Waals surface area contributed by atoms with Gasteiger partial charge in [-0.15, -0.1) is 0 Å². The van der Waals surface area contributed by atoms with Gasteiger partial charge < -0.3 is 9.73 Å². The number of halogens is 1. The van der Waals surface area contributed by atoms with Gasteiger partial charge in [-0.1, -0.05) is 13.3 Å². The first kappa shape index (κ1) is 11.2. The van der Waals surface area contributed by atoms with Crippen molar-refractivity contribution in [3.8, 4) is 0 Å². The van der Waals surface area contributed by atoms with Crippen LogP contribution in [0.4, 0.5) is 0 Å². The normalized spacial score (nSPS) is 28.2. The van der Waals surface area contributed by atoms with E-state index >= 15 is 0 Å². The van der Waals surface area contributed by atoms with Crippen LogP contribution in [0.25, 0.3) is 0 Å². The van der Waals surface area contributed by atoms with E-state index in [4.69, 9.17) is 4.42 Å². The maximum absolute atomic E-state index is 5.56. The molecule has 2 nitrogen and oxygen atoms in total. The Hall–Kier alpha value is -0.280. The largest absolute Gasteiger partial charge is 0.466 e. The zero-order chi connectivity index (χ0) is 10.8. The smallest absolute Gasteiger partial charge is 0.135 e. The molecule has 15 heavy (non-hydrogen) atoms. The summed E-state index contributed by atoms with van der Waals surface area (Å²) in [6, 6.07) is 2.33. The molecule has 3 heteroatoms. The second kappa shape index (κ2) is 4.71. The van der Waals surface area contributed by atoms with E-state index in [0.717, 1.165) is 16.2 Å². The van der Waals surface area contributed by atoms with Crippen LogP contribution in [0.2, 0.25) is 0 Å². The van der Waals surface area contributed by atoms with E-state index in [0.29, 0.717) is 12.0 Å². The van der Waals surface area contributed by atoms with Gasteiger partial charge in [0.25, 0.3) is 0 Å². The molecular weight excluding hydrogens is 254 g/mol.